The van der Waals surface area contributed by atoms with Crippen molar-refractivity contribution in [3.05, 3.63) is 29.3 Å². The number of imidazole rings is 2. The van der Waals surface area contributed by atoms with Crippen LogP contribution in [0.25, 0.3) is 22.3 Å². The summed E-state index contributed by atoms with van der Waals surface area (Å²) in [5, 5.41) is 20.8. The summed E-state index contributed by atoms with van der Waals surface area (Å²) in [7, 11) is -8.19. The Morgan fingerprint density at radius 1 is 1.11 bits per heavy atom. The van der Waals surface area contributed by atoms with Gasteiger partial charge in [0.25, 0.3) is 5.56 Å². The third-order valence-electron chi connectivity index (χ3n) is 8.90. The van der Waals surface area contributed by atoms with Gasteiger partial charge in [0.1, 0.15) is 35.5 Å². The quantitative estimate of drug-likeness (QED) is 0.143. The Balaban J connectivity index is 1.12. The first-order chi connectivity index (χ1) is 21.5. The fourth-order valence-corrected chi connectivity index (χ4v) is 10.4. The van der Waals surface area contributed by atoms with Gasteiger partial charge >= 0.3 is 16.1 Å². The molecule has 0 amide bonds. The van der Waals surface area contributed by atoms with Crippen LogP contribution >= 0.6 is 27.8 Å². The van der Waals surface area contributed by atoms with E-state index in [1.807, 2.05) is 0 Å². The molecule has 2 saturated heterocycles. The minimum Gasteiger partial charge on any atom is -0.389 e. The van der Waals surface area contributed by atoms with Crippen molar-refractivity contribution >= 4 is 61.9 Å². The summed E-state index contributed by atoms with van der Waals surface area (Å²) < 4.78 is 52.1. The number of phosphoric acid groups is 1. The summed E-state index contributed by atoms with van der Waals surface area (Å²) >= 11 is 1.05. The summed E-state index contributed by atoms with van der Waals surface area (Å²) in [6, 6.07) is -0.685. The fraction of sp³-hybridized carbons (Fsp3) is 0.545. The maximum atomic E-state index is 13.4. The molecule has 23 heteroatoms. The molecule has 2 saturated carbocycles. The molecule has 2 aliphatic heterocycles. The van der Waals surface area contributed by atoms with Crippen molar-refractivity contribution in [1.82, 2.24) is 39.0 Å². The first-order valence-electron chi connectivity index (χ1n) is 13.6. The average Bonchev–Trinajstić information content (AvgIpc) is 3.26. The minimum absolute atomic E-state index is 0.0480. The molecule has 0 aromatic carbocycles. The topological polar surface area (TPSA) is 291 Å². The third kappa shape index (κ3) is 4.56. The van der Waals surface area contributed by atoms with E-state index in [0.717, 1.165) is 11.8 Å². The molecule has 20 nitrogen and oxygen atoms in total. The van der Waals surface area contributed by atoms with Crippen molar-refractivity contribution in [3.8, 4) is 0 Å². The van der Waals surface area contributed by atoms with E-state index < -0.39 is 74.7 Å². The van der Waals surface area contributed by atoms with E-state index in [1.165, 1.54) is 23.5 Å². The number of anilines is 2. The lowest BCUT2D eigenvalue weighted by molar-refractivity contribution is -0.0215. The number of nitrogen functional groups attached to an aromatic ring is 2. The SMILES string of the molecule is Nc1nc2c(ncn2[C@@H]2S[C@@H]3CO[PH](=O)O[C@H]4[C@@H](O)[C@H](n5cnc6c(N)ncnc65)[C@H]5C[C@@]54COP(=O)(O)O[C@@H]2[C@@H]3O)c(=O)[nH]1. The number of nitrogens with one attached hydrogen (secondary N) is 1. The number of hydrogen-bond donors (Lipinski definition) is 6. The summed E-state index contributed by atoms with van der Waals surface area (Å²) in [5.41, 5.74) is 10.7. The Labute approximate surface area is 256 Å². The van der Waals surface area contributed by atoms with E-state index in [9.17, 15) is 29.0 Å². The molecule has 4 aliphatic rings. The van der Waals surface area contributed by atoms with Gasteiger partial charge in [0.15, 0.2) is 22.6 Å². The summed E-state index contributed by atoms with van der Waals surface area (Å²) in [6.07, 6.45) is -0.844. The molecule has 8 N–H and O–H groups in total. The Morgan fingerprint density at radius 3 is 2.71 bits per heavy atom. The van der Waals surface area contributed by atoms with Gasteiger partial charge in [0, 0.05) is 5.41 Å². The van der Waals surface area contributed by atoms with Crippen molar-refractivity contribution in [1.29, 1.82) is 0 Å². The smallest absolute Gasteiger partial charge is 0.389 e. The summed E-state index contributed by atoms with van der Waals surface area (Å²) in [5.74, 6) is -0.407. The van der Waals surface area contributed by atoms with Crippen LogP contribution in [-0.4, -0.2) is 97.0 Å². The first kappa shape index (κ1) is 29.4. The van der Waals surface area contributed by atoms with Gasteiger partial charge < -0.3 is 40.2 Å². The van der Waals surface area contributed by atoms with Crippen LogP contribution in [0.3, 0.4) is 0 Å². The van der Waals surface area contributed by atoms with Crippen molar-refractivity contribution in [2.75, 3.05) is 24.7 Å². The molecule has 6 heterocycles. The number of rotatable bonds is 2. The van der Waals surface area contributed by atoms with Crippen LogP contribution in [-0.2, 0) is 27.2 Å². The highest BCUT2D eigenvalue weighted by Gasteiger charge is 2.73. The second-order valence-electron chi connectivity index (χ2n) is 11.4. The normalized spacial score (nSPS) is 40.0. The number of H-pyrrole nitrogens is 1. The molecular formula is C22H26N10O10P2S. The van der Waals surface area contributed by atoms with Gasteiger partial charge in [0.2, 0.25) is 5.95 Å². The molecular weight excluding hydrogens is 658 g/mol. The van der Waals surface area contributed by atoms with Crippen molar-refractivity contribution < 1.29 is 42.3 Å². The number of aromatic amines is 1. The highest BCUT2D eigenvalue weighted by Crippen LogP contribution is 2.71. The van der Waals surface area contributed by atoms with Gasteiger partial charge in [-0.1, -0.05) is 0 Å². The lowest BCUT2D eigenvalue weighted by Crippen LogP contribution is -2.37. The highest BCUT2D eigenvalue weighted by atomic mass is 32.2. The maximum absolute atomic E-state index is 13.4. The molecule has 4 aromatic rings. The van der Waals surface area contributed by atoms with Gasteiger partial charge in [-0.05, 0) is 12.3 Å². The molecule has 2 aliphatic carbocycles. The van der Waals surface area contributed by atoms with Crippen LogP contribution in [0.4, 0.5) is 11.8 Å². The van der Waals surface area contributed by atoms with E-state index in [4.69, 9.17) is 29.6 Å². The molecule has 45 heavy (non-hydrogen) atoms. The molecule has 2 bridgehead atoms. The number of thioether (sulfide) groups is 1. The molecule has 11 atom stereocenters. The van der Waals surface area contributed by atoms with Crippen LogP contribution in [0.15, 0.2) is 23.8 Å². The molecule has 4 aromatic heterocycles. The van der Waals surface area contributed by atoms with Gasteiger partial charge in [-0.25, -0.2) is 24.5 Å². The number of nitrogens with two attached hydrogens (primary N) is 2. The van der Waals surface area contributed by atoms with Crippen molar-refractivity contribution in [2.45, 2.75) is 47.5 Å². The average molecular weight is 685 g/mol. The van der Waals surface area contributed by atoms with Gasteiger partial charge in [-0.3, -0.25) is 28.0 Å². The Kier molecular flexibility index (Phi) is 6.71. The number of aliphatic hydroxyl groups is 2. The van der Waals surface area contributed by atoms with Crippen molar-refractivity contribution in [3.63, 3.8) is 0 Å². The van der Waals surface area contributed by atoms with Gasteiger partial charge in [-0.2, -0.15) is 4.98 Å². The Bertz CT molecular complexity index is 1980. The number of aliphatic hydroxyl groups excluding tert-OH is 2. The molecule has 240 valence electrons. The second kappa shape index (κ2) is 10.3. The van der Waals surface area contributed by atoms with Crippen LogP contribution in [0.2, 0.25) is 0 Å². The first-order valence-corrected chi connectivity index (χ1v) is 17.3. The minimum atomic E-state index is -4.90. The van der Waals surface area contributed by atoms with Gasteiger partial charge in [-0.15, -0.1) is 11.8 Å². The van der Waals surface area contributed by atoms with Crippen LogP contribution in [0.5, 0.6) is 0 Å². The van der Waals surface area contributed by atoms with E-state index in [-0.39, 0.29) is 35.5 Å². The zero-order valence-corrected chi connectivity index (χ0v) is 25.5. The highest BCUT2D eigenvalue weighted by molar-refractivity contribution is 8.00. The molecule has 8 rings (SSSR count). The Morgan fingerprint density at radius 2 is 1.89 bits per heavy atom. The maximum Gasteiger partial charge on any atom is 0.472 e. The largest absolute Gasteiger partial charge is 0.472 e. The lowest BCUT2D eigenvalue weighted by Gasteiger charge is -2.29. The van der Waals surface area contributed by atoms with Crippen LogP contribution in [0.1, 0.15) is 17.8 Å². The predicted molar refractivity (Wildman–Crippen MR) is 155 cm³/mol. The molecule has 4 fully saturated rings. The number of nitrogens with zero attached hydrogens (tertiary/aromatic N) is 7. The molecule has 1 spiro atoms. The molecule has 0 radical (unpaired) electrons. The zero-order chi connectivity index (χ0) is 31.4. The van der Waals surface area contributed by atoms with Gasteiger partial charge in [0.05, 0.1) is 43.3 Å². The standard InChI is InChI=1S/C22H26N10O10P2S/c23-16-9-17(26-4-25-16)31(5-27-9)11-7-1-22(7)3-40-44(37,38)42-14-12(33)8(2-39-43(36)41-15(22)13(11)34)45-20(14)32-6-28-10-18(32)29-21(24)30-19(10)35/h4-8,11-15,20,33-34,43H,1-3H2,(H,37,38)(H2,23,25,26)(H3,24,29,30,35)/t7-,8-,11-,12-,13+,14-,15+,20-,22-/m1/s1. The van der Waals surface area contributed by atoms with E-state index in [2.05, 4.69) is 29.9 Å². The third-order valence-corrected chi connectivity index (χ3v) is 12.3. The second-order valence-corrected chi connectivity index (χ2v) is 15.1. The summed E-state index contributed by atoms with van der Waals surface area (Å²) in [6.45, 7) is -0.738. The van der Waals surface area contributed by atoms with Crippen molar-refractivity contribution in [2.24, 2.45) is 11.3 Å². The van der Waals surface area contributed by atoms with E-state index in [1.54, 1.807) is 4.57 Å². The van der Waals surface area contributed by atoms with E-state index >= 15 is 0 Å². The van der Waals surface area contributed by atoms with Crippen LogP contribution < -0.4 is 17.0 Å². The monoisotopic (exact) mass is 684 g/mol. The molecule has 2 unspecified atom stereocenters. The zero-order valence-electron chi connectivity index (χ0n) is 22.8. The number of aromatic nitrogens is 8. The summed E-state index contributed by atoms with van der Waals surface area (Å²) in [4.78, 5) is 46.3. The Hall–Kier alpha value is -2.97. The predicted octanol–water partition coefficient (Wildman–Crippen LogP) is -0.672. The number of phosphoric ester groups is 1. The number of fused-ring (bicyclic) bond motifs is 4. The van der Waals surface area contributed by atoms with E-state index in [0.29, 0.717) is 17.6 Å². The van der Waals surface area contributed by atoms with Crippen LogP contribution in [0, 0.1) is 11.3 Å². The number of hydrogen-bond acceptors (Lipinski definition) is 17. The fourth-order valence-electron chi connectivity index (χ4n) is 6.77. The lowest BCUT2D eigenvalue weighted by atomic mass is 10.0.